The lowest BCUT2D eigenvalue weighted by molar-refractivity contribution is -0.129. The van der Waals surface area contributed by atoms with Gasteiger partial charge in [0.15, 0.2) is 11.6 Å². The van der Waals surface area contributed by atoms with E-state index in [0.717, 1.165) is 19.4 Å². The number of hydrogen-bond acceptors (Lipinski definition) is 7. The number of halogens is 5. The number of carbonyl (C=O) groups excluding carboxylic acids is 1. The molecule has 0 radical (unpaired) electrons. The van der Waals surface area contributed by atoms with E-state index in [-0.39, 0.29) is 76.3 Å². The second-order valence-electron chi connectivity index (χ2n) is 12.7. The zero-order valence-electron chi connectivity index (χ0n) is 25.6. The summed E-state index contributed by atoms with van der Waals surface area (Å²) in [6, 6.07) is 7.90. The fourth-order valence-corrected chi connectivity index (χ4v) is 7.82. The summed E-state index contributed by atoms with van der Waals surface area (Å²) in [6.07, 6.45) is 0.971. The first-order valence-corrected chi connectivity index (χ1v) is 15.9. The molecule has 0 unspecified atom stereocenters. The Bertz CT molecular complexity index is 1950. The van der Waals surface area contributed by atoms with Gasteiger partial charge in [-0.1, -0.05) is 30.3 Å². The number of phenolic OH excluding ortho intramolecular Hbond substituents is 1. The number of alkyl halides is 1. The molecule has 8 nitrogen and oxygen atoms in total. The smallest absolute Gasteiger partial charge is 0.319 e. The van der Waals surface area contributed by atoms with Crippen LogP contribution in [0.5, 0.6) is 11.8 Å². The van der Waals surface area contributed by atoms with E-state index >= 15 is 8.78 Å². The molecule has 4 heterocycles. The number of hydrogen-bond donors (Lipinski definition) is 1. The number of rotatable bonds is 6. The van der Waals surface area contributed by atoms with E-state index in [4.69, 9.17) is 21.3 Å². The van der Waals surface area contributed by atoms with Crippen LogP contribution in [-0.4, -0.2) is 87.9 Å². The Balaban J connectivity index is 1.37. The SMILES string of the molecule is C=C(F)C(=O)N1CCN(c2nc(OC[C@@]34CCCN3C[C@H](F)C4)nc3c(F)c(-c4cc(O)cc5cccc(F)c45)c(Cl)cc23)[C@H](C)C1. The Morgan fingerprint density at radius 1 is 1.17 bits per heavy atom. The predicted octanol–water partition coefficient (Wildman–Crippen LogP) is 6.56. The summed E-state index contributed by atoms with van der Waals surface area (Å²) >= 11 is 6.76. The van der Waals surface area contributed by atoms with Crippen LogP contribution in [-0.2, 0) is 4.79 Å². The van der Waals surface area contributed by atoms with Crippen molar-refractivity contribution in [3.05, 3.63) is 65.5 Å². The number of aromatic nitrogens is 2. The highest BCUT2D eigenvalue weighted by atomic mass is 35.5. The fraction of sp³-hybridized carbons (Fsp3) is 0.382. The zero-order valence-corrected chi connectivity index (χ0v) is 26.3. The van der Waals surface area contributed by atoms with Crippen molar-refractivity contribution in [3.8, 4) is 22.9 Å². The largest absolute Gasteiger partial charge is 0.508 e. The second-order valence-corrected chi connectivity index (χ2v) is 13.1. The molecule has 3 saturated heterocycles. The molecular formula is C34H32ClF4N5O3. The van der Waals surface area contributed by atoms with E-state index in [2.05, 4.69) is 16.5 Å². The maximum Gasteiger partial charge on any atom is 0.319 e. The van der Waals surface area contributed by atoms with Gasteiger partial charge in [0.25, 0.3) is 5.91 Å². The molecule has 0 spiro atoms. The highest BCUT2D eigenvalue weighted by molar-refractivity contribution is 6.35. The van der Waals surface area contributed by atoms with Crippen molar-refractivity contribution in [2.45, 2.75) is 43.9 Å². The topological polar surface area (TPSA) is 82.0 Å². The summed E-state index contributed by atoms with van der Waals surface area (Å²) < 4.78 is 66.4. The highest BCUT2D eigenvalue weighted by Gasteiger charge is 2.49. The van der Waals surface area contributed by atoms with Gasteiger partial charge in [-0.05, 0) is 56.0 Å². The van der Waals surface area contributed by atoms with E-state index < -0.39 is 41.1 Å². The Kier molecular flexibility index (Phi) is 7.91. The maximum atomic E-state index is 16.9. The molecule has 13 heteroatoms. The van der Waals surface area contributed by atoms with E-state index in [0.29, 0.717) is 18.4 Å². The van der Waals surface area contributed by atoms with Crippen molar-refractivity contribution in [1.82, 2.24) is 19.8 Å². The van der Waals surface area contributed by atoms with Crippen LogP contribution in [0.25, 0.3) is 32.8 Å². The van der Waals surface area contributed by atoms with Crippen molar-refractivity contribution in [1.29, 1.82) is 0 Å². The first-order valence-electron chi connectivity index (χ1n) is 15.5. The molecule has 1 amide bonds. The molecule has 3 aliphatic heterocycles. The van der Waals surface area contributed by atoms with Crippen LogP contribution in [0.15, 0.2) is 48.8 Å². The highest BCUT2D eigenvalue weighted by Crippen LogP contribution is 2.44. The van der Waals surface area contributed by atoms with Gasteiger partial charge in [-0.15, -0.1) is 0 Å². The first-order chi connectivity index (χ1) is 22.5. The van der Waals surface area contributed by atoms with Crippen LogP contribution >= 0.6 is 11.6 Å². The van der Waals surface area contributed by atoms with Gasteiger partial charge in [-0.2, -0.15) is 9.97 Å². The van der Waals surface area contributed by atoms with Gasteiger partial charge in [0.1, 0.15) is 35.7 Å². The first kappa shape index (κ1) is 31.4. The third-order valence-corrected chi connectivity index (χ3v) is 9.97. The molecule has 3 aliphatic rings. The van der Waals surface area contributed by atoms with Gasteiger partial charge in [-0.25, -0.2) is 17.6 Å². The molecule has 4 aromatic rings. The van der Waals surface area contributed by atoms with Gasteiger partial charge >= 0.3 is 6.01 Å². The predicted molar refractivity (Wildman–Crippen MR) is 171 cm³/mol. The minimum atomic E-state index is -1.06. The summed E-state index contributed by atoms with van der Waals surface area (Å²) in [4.78, 5) is 26.8. The minimum Gasteiger partial charge on any atom is -0.508 e. The third kappa shape index (κ3) is 5.41. The van der Waals surface area contributed by atoms with Crippen molar-refractivity contribution in [3.63, 3.8) is 0 Å². The van der Waals surface area contributed by atoms with Crippen LogP contribution in [0.2, 0.25) is 5.02 Å². The summed E-state index contributed by atoms with van der Waals surface area (Å²) in [5.41, 5.74) is -0.802. The Morgan fingerprint density at radius 2 is 1.98 bits per heavy atom. The molecular weight excluding hydrogens is 638 g/mol. The number of ether oxygens (including phenoxy) is 1. The minimum absolute atomic E-state index is 0.0394. The molecule has 3 fully saturated rings. The number of nitrogens with zero attached hydrogens (tertiary/aromatic N) is 5. The van der Waals surface area contributed by atoms with E-state index in [1.807, 2.05) is 11.8 Å². The summed E-state index contributed by atoms with van der Waals surface area (Å²) in [7, 11) is 0. The maximum absolute atomic E-state index is 16.9. The average Bonchev–Trinajstić information content (AvgIpc) is 3.55. The average molecular weight is 670 g/mol. The molecule has 0 bridgehead atoms. The number of fused-ring (bicyclic) bond motifs is 3. The van der Waals surface area contributed by atoms with Crippen molar-refractivity contribution < 1.29 is 32.2 Å². The number of benzene rings is 3. The Labute approximate surface area is 273 Å². The van der Waals surface area contributed by atoms with E-state index in [1.165, 1.54) is 35.2 Å². The number of phenols is 1. The lowest BCUT2D eigenvalue weighted by Gasteiger charge is -2.40. The van der Waals surface area contributed by atoms with Crippen LogP contribution in [0.3, 0.4) is 0 Å². The summed E-state index contributed by atoms with van der Waals surface area (Å²) in [6.45, 7) is 6.61. The lowest BCUT2D eigenvalue weighted by Crippen LogP contribution is -2.54. The third-order valence-electron chi connectivity index (χ3n) is 9.67. The van der Waals surface area contributed by atoms with Crippen LogP contribution in [0, 0.1) is 11.6 Å². The Morgan fingerprint density at radius 3 is 2.74 bits per heavy atom. The van der Waals surface area contributed by atoms with Crippen LogP contribution < -0.4 is 9.64 Å². The quantitative estimate of drug-likeness (QED) is 0.184. The number of piperazine rings is 1. The number of aromatic hydroxyl groups is 1. The van der Waals surface area contributed by atoms with Gasteiger partial charge in [0.2, 0.25) is 0 Å². The summed E-state index contributed by atoms with van der Waals surface area (Å²) in [5.74, 6) is -3.30. The van der Waals surface area contributed by atoms with Crippen molar-refractivity contribution in [2.75, 3.05) is 44.2 Å². The van der Waals surface area contributed by atoms with Gasteiger partial charge in [-0.3, -0.25) is 9.69 Å². The molecule has 3 atom stereocenters. The second kappa shape index (κ2) is 11.8. The molecule has 3 aromatic carbocycles. The molecule has 1 N–H and O–H groups in total. The fourth-order valence-electron chi connectivity index (χ4n) is 7.53. The van der Waals surface area contributed by atoms with Gasteiger partial charge in [0, 0.05) is 60.5 Å². The van der Waals surface area contributed by atoms with Crippen LogP contribution in [0.1, 0.15) is 26.2 Å². The van der Waals surface area contributed by atoms with Crippen molar-refractivity contribution >= 4 is 45.0 Å². The van der Waals surface area contributed by atoms with Crippen molar-refractivity contribution in [2.24, 2.45) is 0 Å². The molecule has 7 rings (SSSR count). The molecule has 246 valence electrons. The van der Waals surface area contributed by atoms with E-state index in [1.54, 1.807) is 6.07 Å². The van der Waals surface area contributed by atoms with Crippen LogP contribution in [0.4, 0.5) is 23.4 Å². The lowest BCUT2D eigenvalue weighted by atomic mass is 9.95. The Hall–Kier alpha value is -4.16. The monoisotopic (exact) mass is 669 g/mol. The normalized spacial score (nSPS) is 23.1. The van der Waals surface area contributed by atoms with Gasteiger partial charge < -0.3 is 19.6 Å². The van der Waals surface area contributed by atoms with E-state index in [9.17, 15) is 18.7 Å². The zero-order chi connectivity index (χ0) is 33.2. The standard InChI is InChI=1S/C34H32ClF4N5O3/c1-18-15-42(32(46)19(2)36)9-10-44(18)31-24-13-25(35)28(23-12-22(45)11-20-5-3-6-26(38)27(20)23)29(39)30(24)40-33(41-31)47-17-34-7-4-8-43(34)16-21(37)14-34/h3,5-6,11-13,18,21,45H,2,4,7-10,14-17H2,1H3/t18-,21-,34+/m1/s1. The molecule has 47 heavy (non-hydrogen) atoms. The van der Waals surface area contributed by atoms with Gasteiger partial charge in [0.05, 0.1) is 10.6 Å². The molecule has 0 saturated carbocycles. The summed E-state index contributed by atoms with van der Waals surface area (Å²) in [5, 5.41) is 11.1. The number of anilines is 1. The molecule has 0 aliphatic carbocycles. The number of carbonyl (C=O) groups is 1. The molecule has 1 aromatic heterocycles. The number of amides is 1.